The van der Waals surface area contributed by atoms with Crippen LogP contribution in [0.1, 0.15) is 25.3 Å². The van der Waals surface area contributed by atoms with Gasteiger partial charge in [0.1, 0.15) is 5.52 Å². The summed E-state index contributed by atoms with van der Waals surface area (Å²) in [7, 11) is 0. The molecule has 1 aliphatic carbocycles. The molecule has 1 aromatic carbocycles. The van der Waals surface area contributed by atoms with Gasteiger partial charge in [0.2, 0.25) is 5.95 Å². The van der Waals surface area contributed by atoms with Gasteiger partial charge in [0.15, 0.2) is 11.4 Å². The Morgan fingerprint density at radius 3 is 2.83 bits per heavy atom. The Balaban J connectivity index is 1.66. The topological polar surface area (TPSA) is 113 Å². The Bertz CT molecular complexity index is 928. The van der Waals surface area contributed by atoms with Crippen molar-refractivity contribution in [3.05, 3.63) is 36.1 Å². The summed E-state index contributed by atoms with van der Waals surface area (Å²) in [6.45, 7) is 1.71. The van der Waals surface area contributed by atoms with Gasteiger partial charge in [-0.1, -0.05) is 0 Å². The van der Waals surface area contributed by atoms with Crippen LogP contribution in [0.25, 0.3) is 11.1 Å². The monoisotopic (exact) mass is 322 g/mol. The Kier molecular flexibility index (Phi) is 3.34. The Labute approximate surface area is 138 Å². The zero-order valence-electron chi connectivity index (χ0n) is 13.3. The zero-order chi connectivity index (χ0) is 16.7. The lowest BCUT2D eigenvalue weighted by molar-refractivity contribution is 0.614. The molecular weight excluding hydrogens is 304 g/mol. The van der Waals surface area contributed by atoms with Crippen molar-refractivity contribution >= 4 is 40.0 Å². The molecule has 5 N–H and O–H groups in total. The molecule has 2 aromatic heterocycles. The van der Waals surface area contributed by atoms with E-state index in [1.54, 1.807) is 19.3 Å². The first kappa shape index (κ1) is 14.5. The van der Waals surface area contributed by atoms with Gasteiger partial charge in [-0.05, 0) is 38.0 Å². The van der Waals surface area contributed by atoms with E-state index in [9.17, 15) is 0 Å². The molecule has 1 saturated carbocycles. The second-order valence-corrected chi connectivity index (χ2v) is 6.00. The van der Waals surface area contributed by atoms with Gasteiger partial charge in [-0.2, -0.15) is 4.98 Å². The number of fused-ring (bicyclic) bond motifs is 1. The van der Waals surface area contributed by atoms with E-state index in [0.29, 0.717) is 34.8 Å². The van der Waals surface area contributed by atoms with Crippen molar-refractivity contribution in [3.8, 4) is 0 Å². The second kappa shape index (κ2) is 5.52. The van der Waals surface area contributed by atoms with Gasteiger partial charge in [0.05, 0.1) is 6.26 Å². The van der Waals surface area contributed by atoms with Crippen LogP contribution in [0.4, 0.5) is 23.1 Å². The van der Waals surface area contributed by atoms with Crippen LogP contribution in [0.15, 0.2) is 34.9 Å². The molecule has 122 valence electrons. The van der Waals surface area contributed by atoms with Crippen molar-refractivity contribution in [3.63, 3.8) is 0 Å². The third kappa shape index (κ3) is 2.76. The van der Waals surface area contributed by atoms with E-state index in [4.69, 9.17) is 15.6 Å². The Hall–Kier alpha value is -3.09. The first-order valence-electron chi connectivity index (χ1n) is 7.84. The molecule has 0 amide bonds. The van der Waals surface area contributed by atoms with Crippen LogP contribution < -0.4 is 16.4 Å². The molecule has 0 saturated heterocycles. The van der Waals surface area contributed by atoms with Crippen molar-refractivity contribution in [2.75, 3.05) is 16.4 Å². The highest BCUT2D eigenvalue weighted by Gasteiger charge is 2.23. The molecule has 4 rings (SSSR count). The predicted octanol–water partition coefficient (Wildman–Crippen LogP) is 3.51. The highest BCUT2D eigenvalue weighted by molar-refractivity contribution is 6.01. The summed E-state index contributed by atoms with van der Waals surface area (Å²) in [5, 5.41) is 14.2. The normalized spacial score (nSPS) is 13.9. The summed E-state index contributed by atoms with van der Waals surface area (Å²) >= 11 is 0. The van der Waals surface area contributed by atoms with Crippen molar-refractivity contribution in [2.45, 2.75) is 25.8 Å². The molecule has 0 unspecified atom stereocenters. The number of nitrogen functional groups attached to an aromatic ring is 1. The number of rotatable bonds is 5. The fraction of sp³-hybridized carbons (Fsp3) is 0.235. The lowest BCUT2D eigenvalue weighted by atomic mass is 10.1. The van der Waals surface area contributed by atoms with Gasteiger partial charge in [-0.3, -0.25) is 0 Å². The van der Waals surface area contributed by atoms with Crippen molar-refractivity contribution in [1.82, 2.24) is 9.97 Å². The van der Waals surface area contributed by atoms with Gasteiger partial charge >= 0.3 is 0 Å². The van der Waals surface area contributed by atoms with Crippen molar-refractivity contribution in [1.29, 1.82) is 5.41 Å². The maximum absolute atomic E-state index is 7.70. The van der Waals surface area contributed by atoms with Crippen LogP contribution >= 0.6 is 0 Å². The summed E-state index contributed by atoms with van der Waals surface area (Å²) in [6.07, 6.45) is 3.91. The zero-order valence-corrected chi connectivity index (χ0v) is 13.3. The minimum atomic E-state index is 0.436. The van der Waals surface area contributed by atoms with E-state index in [1.807, 2.05) is 18.2 Å². The molecular formula is C17H18N6O. The Morgan fingerprint density at radius 2 is 2.12 bits per heavy atom. The van der Waals surface area contributed by atoms with Gasteiger partial charge in [-0.15, -0.1) is 0 Å². The van der Waals surface area contributed by atoms with Crippen LogP contribution in [-0.4, -0.2) is 21.7 Å². The van der Waals surface area contributed by atoms with Gasteiger partial charge in [0, 0.05) is 34.8 Å². The molecule has 0 atom stereocenters. The maximum atomic E-state index is 7.70. The van der Waals surface area contributed by atoms with Crippen LogP contribution in [0.5, 0.6) is 0 Å². The standard InChI is InChI=1S/C17H18N6O/c1-9(18)12-5-4-11(8-13(12)19)21-17-22-14-6-7-24-15(14)16(23-17)20-10-2-3-10/h4-8,10,18H,2-3,19H2,1H3,(H2,20,21,22,23). The second-order valence-electron chi connectivity index (χ2n) is 6.00. The minimum absolute atomic E-state index is 0.436. The Morgan fingerprint density at radius 1 is 1.29 bits per heavy atom. The molecule has 24 heavy (non-hydrogen) atoms. The summed E-state index contributed by atoms with van der Waals surface area (Å²) in [4.78, 5) is 8.99. The quantitative estimate of drug-likeness (QED) is 0.422. The largest absolute Gasteiger partial charge is 0.459 e. The van der Waals surface area contributed by atoms with Crippen LogP contribution in [-0.2, 0) is 0 Å². The summed E-state index contributed by atoms with van der Waals surface area (Å²) in [5.74, 6) is 1.18. The average molecular weight is 322 g/mol. The van der Waals surface area contributed by atoms with E-state index in [0.717, 1.165) is 29.6 Å². The van der Waals surface area contributed by atoms with Crippen LogP contribution in [0, 0.1) is 5.41 Å². The molecule has 0 aliphatic heterocycles. The molecule has 3 aromatic rings. The minimum Gasteiger partial charge on any atom is -0.459 e. The number of benzene rings is 1. The summed E-state index contributed by atoms with van der Waals surface area (Å²) in [6, 6.07) is 7.74. The predicted molar refractivity (Wildman–Crippen MR) is 95.1 cm³/mol. The number of nitrogens with two attached hydrogens (primary N) is 1. The number of aromatic nitrogens is 2. The van der Waals surface area contributed by atoms with Crippen molar-refractivity contribution < 1.29 is 4.42 Å². The molecule has 7 heteroatoms. The maximum Gasteiger partial charge on any atom is 0.229 e. The number of hydrogen-bond acceptors (Lipinski definition) is 7. The fourth-order valence-electron chi connectivity index (χ4n) is 2.55. The van der Waals surface area contributed by atoms with E-state index >= 15 is 0 Å². The lowest BCUT2D eigenvalue weighted by Crippen LogP contribution is -2.07. The summed E-state index contributed by atoms with van der Waals surface area (Å²) < 4.78 is 5.49. The van der Waals surface area contributed by atoms with Gasteiger partial charge in [0.25, 0.3) is 0 Å². The highest BCUT2D eigenvalue weighted by atomic mass is 16.3. The molecule has 2 heterocycles. The molecule has 0 spiro atoms. The number of anilines is 4. The SMILES string of the molecule is CC(=N)c1ccc(Nc2nc(NC3CC3)c3occc3n2)cc1N. The van der Waals surface area contributed by atoms with Crippen LogP contribution in [0.2, 0.25) is 0 Å². The third-order valence-electron chi connectivity index (χ3n) is 3.93. The number of furan rings is 1. The average Bonchev–Trinajstić information content (AvgIpc) is 3.21. The van der Waals surface area contributed by atoms with E-state index < -0.39 is 0 Å². The highest BCUT2D eigenvalue weighted by Crippen LogP contribution is 2.30. The smallest absolute Gasteiger partial charge is 0.229 e. The lowest BCUT2D eigenvalue weighted by Gasteiger charge is -2.10. The van der Waals surface area contributed by atoms with E-state index in [1.165, 1.54) is 0 Å². The molecule has 1 fully saturated rings. The van der Waals surface area contributed by atoms with Crippen LogP contribution in [0.3, 0.4) is 0 Å². The van der Waals surface area contributed by atoms with E-state index in [2.05, 4.69) is 20.6 Å². The molecule has 1 aliphatic rings. The van der Waals surface area contributed by atoms with E-state index in [-0.39, 0.29) is 0 Å². The summed E-state index contributed by atoms with van der Waals surface area (Å²) in [5.41, 5.74) is 9.91. The third-order valence-corrected chi connectivity index (χ3v) is 3.93. The number of nitrogens with zero attached hydrogens (tertiary/aromatic N) is 2. The van der Waals surface area contributed by atoms with Gasteiger partial charge in [-0.25, -0.2) is 4.98 Å². The molecule has 7 nitrogen and oxygen atoms in total. The fourth-order valence-corrected chi connectivity index (χ4v) is 2.55. The molecule has 0 bridgehead atoms. The van der Waals surface area contributed by atoms with Crippen molar-refractivity contribution in [2.24, 2.45) is 0 Å². The first-order valence-corrected chi connectivity index (χ1v) is 7.84. The molecule has 0 radical (unpaired) electrons. The first-order chi connectivity index (χ1) is 11.6. The van der Waals surface area contributed by atoms with Gasteiger partial charge < -0.3 is 26.2 Å². The number of hydrogen-bond donors (Lipinski definition) is 4. The number of nitrogens with one attached hydrogen (secondary N) is 3.